The molecule has 0 aliphatic carbocycles. The summed E-state index contributed by atoms with van der Waals surface area (Å²) in [7, 11) is 5.04. The Morgan fingerprint density at radius 3 is 2.67 bits per heavy atom. The van der Waals surface area contributed by atoms with Gasteiger partial charge in [0.25, 0.3) is 0 Å². The molecule has 1 rings (SSSR count). The SMILES string of the molecule is COC(=O)CCCN(C)c1ccc(OC)c(Br)c1. The van der Waals surface area contributed by atoms with Crippen LogP contribution in [0.15, 0.2) is 22.7 Å². The molecule has 18 heavy (non-hydrogen) atoms. The monoisotopic (exact) mass is 315 g/mol. The van der Waals surface area contributed by atoms with Crippen LogP contribution in [-0.2, 0) is 9.53 Å². The molecule has 0 spiro atoms. The summed E-state index contributed by atoms with van der Waals surface area (Å²) in [5, 5.41) is 0. The van der Waals surface area contributed by atoms with Crippen molar-refractivity contribution in [3.63, 3.8) is 0 Å². The van der Waals surface area contributed by atoms with Crippen molar-refractivity contribution < 1.29 is 14.3 Å². The second-order valence-electron chi connectivity index (χ2n) is 3.92. The lowest BCUT2D eigenvalue weighted by molar-refractivity contribution is -0.140. The quantitative estimate of drug-likeness (QED) is 0.757. The Morgan fingerprint density at radius 2 is 2.11 bits per heavy atom. The molecule has 0 N–H and O–H groups in total. The minimum atomic E-state index is -0.167. The molecule has 0 saturated heterocycles. The second-order valence-corrected chi connectivity index (χ2v) is 4.77. The van der Waals surface area contributed by atoms with Crippen LogP contribution in [0.3, 0.4) is 0 Å². The summed E-state index contributed by atoms with van der Waals surface area (Å²) in [5.74, 6) is 0.640. The third-order valence-corrected chi connectivity index (χ3v) is 3.30. The fourth-order valence-corrected chi connectivity index (χ4v) is 2.11. The number of hydrogen-bond acceptors (Lipinski definition) is 4. The highest BCUT2D eigenvalue weighted by molar-refractivity contribution is 9.10. The van der Waals surface area contributed by atoms with Gasteiger partial charge < -0.3 is 14.4 Å². The molecule has 0 unspecified atom stereocenters. The molecule has 0 amide bonds. The van der Waals surface area contributed by atoms with Gasteiger partial charge in [-0.3, -0.25) is 4.79 Å². The van der Waals surface area contributed by atoms with E-state index in [-0.39, 0.29) is 5.97 Å². The molecule has 0 aromatic heterocycles. The van der Waals surface area contributed by atoms with Gasteiger partial charge in [0, 0.05) is 25.7 Å². The van der Waals surface area contributed by atoms with Gasteiger partial charge in [-0.1, -0.05) is 0 Å². The first-order valence-corrected chi connectivity index (χ1v) is 6.49. The van der Waals surface area contributed by atoms with Crippen molar-refractivity contribution in [3.05, 3.63) is 22.7 Å². The largest absolute Gasteiger partial charge is 0.496 e. The van der Waals surface area contributed by atoms with E-state index in [2.05, 4.69) is 25.6 Å². The smallest absolute Gasteiger partial charge is 0.305 e. The van der Waals surface area contributed by atoms with Gasteiger partial charge in [-0.25, -0.2) is 0 Å². The molecule has 1 aromatic carbocycles. The number of carbonyl (C=O) groups is 1. The normalized spacial score (nSPS) is 10.0. The van der Waals surface area contributed by atoms with Gasteiger partial charge in [0.15, 0.2) is 0 Å². The Kier molecular flexibility index (Phi) is 5.98. The molecule has 100 valence electrons. The predicted octanol–water partition coefficient (Wildman–Crippen LogP) is 2.85. The molecule has 0 radical (unpaired) electrons. The van der Waals surface area contributed by atoms with Crippen molar-refractivity contribution >= 4 is 27.6 Å². The summed E-state index contributed by atoms with van der Waals surface area (Å²) in [4.78, 5) is 13.1. The third kappa shape index (κ3) is 4.22. The number of carbonyl (C=O) groups excluding carboxylic acids is 1. The number of benzene rings is 1. The number of hydrogen-bond donors (Lipinski definition) is 0. The number of anilines is 1. The number of methoxy groups -OCH3 is 2. The molecule has 0 aliphatic rings. The van der Waals surface area contributed by atoms with Crippen LogP contribution < -0.4 is 9.64 Å². The first-order valence-electron chi connectivity index (χ1n) is 5.70. The minimum absolute atomic E-state index is 0.167. The zero-order chi connectivity index (χ0) is 13.5. The molecule has 1 aromatic rings. The summed E-state index contributed by atoms with van der Waals surface area (Å²) >= 11 is 3.45. The summed E-state index contributed by atoms with van der Waals surface area (Å²) in [6, 6.07) is 5.90. The van der Waals surface area contributed by atoms with E-state index in [0.29, 0.717) is 6.42 Å². The van der Waals surface area contributed by atoms with Gasteiger partial charge in [0.1, 0.15) is 5.75 Å². The van der Waals surface area contributed by atoms with Crippen LogP contribution in [0.1, 0.15) is 12.8 Å². The van der Waals surface area contributed by atoms with Gasteiger partial charge in [-0.2, -0.15) is 0 Å². The molecule has 4 nitrogen and oxygen atoms in total. The molecular formula is C13H18BrNO3. The fourth-order valence-electron chi connectivity index (χ4n) is 1.58. The molecule has 0 aliphatic heterocycles. The van der Waals surface area contributed by atoms with E-state index in [4.69, 9.17) is 4.74 Å². The van der Waals surface area contributed by atoms with Crippen molar-refractivity contribution in [2.75, 3.05) is 32.7 Å². The van der Waals surface area contributed by atoms with Crippen molar-refractivity contribution in [2.24, 2.45) is 0 Å². The van der Waals surface area contributed by atoms with E-state index in [1.807, 2.05) is 25.2 Å². The van der Waals surface area contributed by atoms with Gasteiger partial charge >= 0.3 is 5.97 Å². The van der Waals surface area contributed by atoms with E-state index < -0.39 is 0 Å². The first kappa shape index (κ1) is 14.8. The minimum Gasteiger partial charge on any atom is -0.496 e. The predicted molar refractivity (Wildman–Crippen MR) is 75.2 cm³/mol. The summed E-state index contributed by atoms with van der Waals surface area (Å²) in [6.45, 7) is 0.799. The molecule has 0 fully saturated rings. The maximum Gasteiger partial charge on any atom is 0.305 e. The molecule has 0 saturated carbocycles. The summed E-state index contributed by atoms with van der Waals surface area (Å²) in [6.07, 6.45) is 1.21. The van der Waals surface area contributed by atoms with Crippen molar-refractivity contribution in [1.29, 1.82) is 0 Å². The van der Waals surface area contributed by atoms with Crippen LogP contribution >= 0.6 is 15.9 Å². The topological polar surface area (TPSA) is 38.8 Å². The first-order chi connectivity index (χ1) is 8.58. The number of esters is 1. The number of ether oxygens (including phenoxy) is 2. The van der Waals surface area contributed by atoms with Crippen LogP contribution in [0.25, 0.3) is 0 Å². The van der Waals surface area contributed by atoms with Gasteiger partial charge in [-0.05, 0) is 40.5 Å². The van der Waals surface area contributed by atoms with E-state index in [1.165, 1.54) is 7.11 Å². The zero-order valence-corrected chi connectivity index (χ0v) is 12.5. The Hall–Kier alpha value is -1.23. The fraction of sp³-hybridized carbons (Fsp3) is 0.462. The average molecular weight is 316 g/mol. The molecule has 0 bridgehead atoms. The maximum absolute atomic E-state index is 11.0. The Morgan fingerprint density at radius 1 is 1.39 bits per heavy atom. The molecule has 0 heterocycles. The molecule has 0 atom stereocenters. The standard InChI is InChI=1S/C13H18BrNO3/c1-15(8-4-5-13(16)18-3)10-6-7-12(17-2)11(14)9-10/h6-7,9H,4-5,8H2,1-3H3. The summed E-state index contributed by atoms with van der Waals surface area (Å²) < 4.78 is 10.7. The molecular weight excluding hydrogens is 298 g/mol. The zero-order valence-electron chi connectivity index (χ0n) is 10.9. The Labute approximate surface area is 116 Å². The van der Waals surface area contributed by atoms with Crippen LogP contribution in [0.5, 0.6) is 5.75 Å². The highest BCUT2D eigenvalue weighted by Gasteiger charge is 2.06. The third-order valence-electron chi connectivity index (χ3n) is 2.68. The van der Waals surface area contributed by atoms with Crippen molar-refractivity contribution in [1.82, 2.24) is 0 Å². The lowest BCUT2D eigenvalue weighted by atomic mass is 10.2. The highest BCUT2D eigenvalue weighted by Crippen LogP contribution is 2.29. The van der Waals surface area contributed by atoms with E-state index >= 15 is 0 Å². The Bertz CT molecular complexity index is 409. The summed E-state index contributed by atoms with van der Waals surface area (Å²) in [5.41, 5.74) is 1.08. The van der Waals surface area contributed by atoms with Crippen LogP contribution in [0.4, 0.5) is 5.69 Å². The van der Waals surface area contributed by atoms with E-state index in [0.717, 1.165) is 28.9 Å². The number of halogens is 1. The Balaban J connectivity index is 2.53. The van der Waals surface area contributed by atoms with Crippen LogP contribution in [0, 0.1) is 0 Å². The highest BCUT2D eigenvalue weighted by atomic mass is 79.9. The average Bonchev–Trinajstić information content (AvgIpc) is 2.38. The second kappa shape index (κ2) is 7.26. The van der Waals surface area contributed by atoms with Crippen LogP contribution in [0.2, 0.25) is 0 Å². The van der Waals surface area contributed by atoms with E-state index in [1.54, 1.807) is 7.11 Å². The van der Waals surface area contributed by atoms with E-state index in [9.17, 15) is 4.79 Å². The number of rotatable bonds is 6. The molecule has 5 heteroatoms. The number of nitrogens with zero attached hydrogens (tertiary/aromatic N) is 1. The van der Waals surface area contributed by atoms with Crippen molar-refractivity contribution in [2.45, 2.75) is 12.8 Å². The van der Waals surface area contributed by atoms with Gasteiger partial charge in [0.2, 0.25) is 0 Å². The van der Waals surface area contributed by atoms with Crippen LogP contribution in [-0.4, -0.2) is 33.8 Å². The maximum atomic E-state index is 11.0. The van der Waals surface area contributed by atoms with Crippen molar-refractivity contribution in [3.8, 4) is 5.75 Å². The van der Waals surface area contributed by atoms with Gasteiger partial charge in [-0.15, -0.1) is 0 Å². The van der Waals surface area contributed by atoms with Gasteiger partial charge in [0.05, 0.1) is 18.7 Å². The lowest BCUT2D eigenvalue weighted by Crippen LogP contribution is -2.19. The lowest BCUT2D eigenvalue weighted by Gasteiger charge is -2.19.